The van der Waals surface area contributed by atoms with Crippen LogP contribution in [0.3, 0.4) is 0 Å². The van der Waals surface area contributed by atoms with E-state index in [9.17, 15) is 0 Å². The summed E-state index contributed by atoms with van der Waals surface area (Å²) in [5.41, 5.74) is 2.25. The molecular formula is C16H18Br2N2O. The summed E-state index contributed by atoms with van der Waals surface area (Å²) in [7, 11) is 0. The molecule has 0 aliphatic carbocycles. The number of hydrogen-bond donors (Lipinski definition) is 1. The lowest BCUT2D eigenvalue weighted by atomic mass is 10.2. The minimum absolute atomic E-state index is 0.598. The maximum Gasteiger partial charge on any atom is 0.147 e. The fraction of sp³-hybridized carbons (Fsp3) is 0.312. The molecule has 3 nitrogen and oxygen atoms in total. The van der Waals surface area contributed by atoms with Gasteiger partial charge in [0.05, 0.1) is 15.6 Å². The quantitative estimate of drug-likeness (QED) is 0.733. The van der Waals surface area contributed by atoms with Gasteiger partial charge in [-0.15, -0.1) is 0 Å². The summed E-state index contributed by atoms with van der Waals surface area (Å²) in [4.78, 5) is 4.29. The van der Waals surface area contributed by atoms with Gasteiger partial charge in [0.15, 0.2) is 0 Å². The molecule has 1 N–H and O–H groups in total. The fourth-order valence-corrected chi connectivity index (χ4v) is 3.44. The topological polar surface area (TPSA) is 34.1 Å². The van der Waals surface area contributed by atoms with E-state index in [-0.39, 0.29) is 0 Å². The molecule has 5 heteroatoms. The standard InChI is InChI=1S/C16H18Br2N2O/c1-2-19-11-12-9-14(17)16(15(18)10-12)21-8-6-13-5-3-4-7-20-13/h3-5,7,9-10,19H,2,6,8,11H2,1H3. The third-order valence-electron chi connectivity index (χ3n) is 2.97. The Labute approximate surface area is 142 Å². The lowest BCUT2D eigenvalue weighted by molar-refractivity contribution is 0.316. The van der Waals surface area contributed by atoms with Gasteiger partial charge in [0, 0.05) is 24.9 Å². The molecule has 0 aliphatic heterocycles. The maximum absolute atomic E-state index is 5.88. The highest BCUT2D eigenvalue weighted by molar-refractivity contribution is 9.11. The molecule has 0 saturated carbocycles. The molecule has 0 amide bonds. The summed E-state index contributed by atoms with van der Waals surface area (Å²) in [6, 6.07) is 10.1. The van der Waals surface area contributed by atoms with Gasteiger partial charge in [-0.3, -0.25) is 4.98 Å². The Balaban J connectivity index is 1.96. The molecule has 0 aliphatic rings. The highest BCUT2D eigenvalue weighted by atomic mass is 79.9. The average Bonchev–Trinajstić information content (AvgIpc) is 2.49. The Morgan fingerprint density at radius 2 is 1.95 bits per heavy atom. The van der Waals surface area contributed by atoms with Gasteiger partial charge in [-0.2, -0.15) is 0 Å². The molecule has 2 aromatic rings. The van der Waals surface area contributed by atoms with E-state index in [4.69, 9.17) is 4.74 Å². The maximum atomic E-state index is 5.88. The van der Waals surface area contributed by atoms with E-state index in [0.29, 0.717) is 6.61 Å². The second kappa shape index (κ2) is 8.51. The van der Waals surface area contributed by atoms with Crippen LogP contribution in [-0.4, -0.2) is 18.1 Å². The van der Waals surface area contributed by atoms with Crippen molar-refractivity contribution in [2.24, 2.45) is 0 Å². The Bertz CT molecular complexity index is 553. The number of rotatable bonds is 7. The lowest BCUT2D eigenvalue weighted by Crippen LogP contribution is -2.12. The van der Waals surface area contributed by atoms with Gasteiger partial charge < -0.3 is 10.1 Å². The summed E-state index contributed by atoms with van der Waals surface area (Å²) >= 11 is 7.16. The van der Waals surface area contributed by atoms with Crippen molar-refractivity contribution in [1.29, 1.82) is 0 Å². The number of nitrogens with zero attached hydrogens (tertiary/aromatic N) is 1. The Morgan fingerprint density at radius 3 is 2.57 bits per heavy atom. The summed E-state index contributed by atoms with van der Waals surface area (Å²) in [6.07, 6.45) is 2.59. The molecular weight excluding hydrogens is 396 g/mol. The van der Waals surface area contributed by atoms with Crippen molar-refractivity contribution < 1.29 is 4.74 Å². The molecule has 0 atom stereocenters. The van der Waals surface area contributed by atoms with E-state index in [1.165, 1.54) is 5.56 Å². The van der Waals surface area contributed by atoms with Crippen LogP contribution in [0.2, 0.25) is 0 Å². The van der Waals surface area contributed by atoms with Crippen molar-refractivity contribution in [3.63, 3.8) is 0 Å². The van der Waals surface area contributed by atoms with Gasteiger partial charge in [0.2, 0.25) is 0 Å². The van der Waals surface area contributed by atoms with E-state index >= 15 is 0 Å². The molecule has 112 valence electrons. The van der Waals surface area contributed by atoms with Crippen LogP contribution in [0, 0.1) is 0 Å². The normalized spacial score (nSPS) is 10.6. The van der Waals surface area contributed by atoms with E-state index in [2.05, 4.69) is 61.2 Å². The largest absolute Gasteiger partial charge is 0.491 e. The Morgan fingerprint density at radius 1 is 1.19 bits per heavy atom. The predicted molar refractivity (Wildman–Crippen MR) is 92.7 cm³/mol. The predicted octanol–water partition coefficient (Wildman–Crippen LogP) is 4.34. The van der Waals surface area contributed by atoms with Crippen LogP contribution >= 0.6 is 31.9 Å². The van der Waals surface area contributed by atoms with Crippen LogP contribution in [0.5, 0.6) is 5.75 Å². The molecule has 1 heterocycles. The number of ether oxygens (including phenoxy) is 1. The molecule has 21 heavy (non-hydrogen) atoms. The van der Waals surface area contributed by atoms with Gasteiger partial charge in [-0.1, -0.05) is 13.0 Å². The molecule has 0 unspecified atom stereocenters. The van der Waals surface area contributed by atoms with Crippen LogP contribution in [0.15, 0.2) is 45.5 Å². The van der Waals surface area contributed by atoms with E-state index in [1.807, 2.05) is 18.2 Å². The second-order valence-electron chi connectivity index (χ2n) is 4.59. The SMILES string of the molecule is CCNCc1cc(Br)c(OCCc2ccccn2)c(Br)c1. The fourth-order valence-electron chi connectivity index (χ4n) is 1.93. The zero-order chi connectivity index (χ0) is 15.1. The van der Waals surface area contributed by atoms with E-state index in [1.54, 1.807) is 6.20 Å². The van der Waals surface area contributed by atoms with Crippen molar-refractivity contribution in [2.75, 3.05) is 13.2 Å². The van der Waals surface area contributed by atoms with Crippen LogP contribution < -0.4 is 10.1 Å². The van der Waals surface area contributed by atoms with Gasteiger partial charge in [-0.05, 0) is 68.2 Å². The van der Waals surface area contributed by atoms with Crippen molar-refractivity contribution in [3.8, 4) is 5.75 Å². The first-order chi connectivity index (χ1) is 10.2. The molecule has 0 radical (unpaired) electrons. The number of aromatic nitrogens is 1. The molecule has 1 aromatic carbocycles. The zero-order valence-corrected chi connectivity index (χ0v) is 15.1. The third kappa shape index (κ3) is 5.09. The monoisotopic (exact) mass is 412 g/mol. The number of pyridine rings is 1. The molecule has 1 aromatic heterocycles. The molecule has 0 saturated heterocycles. The minimum atomic E-state index is 0.598. The number of hydrogen-bond acceptors (Lipinski definition) is 3. The second-order valence-corrected chi connectivity index (χ2v) is 6.30. The van der Waals surface area contributed by atoms with Crippen molar-refractivity contribution in [1.82, 2.24) is 10.3 Å². The van der Waals surface area contributed by atoms with Crippen molar-refractivity contribution >= 4 is 31.9 Å². The van der Waals surface area contributed by atoms with Crippen LogP contribution in [0.1, 0.15) is 18.2 Å². The third-order valence-corrected chi connectivity index (χ3v) is 4.15. The lowest BCUT2D eigenvalue weighted by Gasteiger charge is -2.12. The minimum Gasteiger partial charge on any atom is -0.491 e. The van der Waals surface area contributed by atoms with E-state index in [0.717, 1.165) is 39.9 Å². The summed E-state index contributed by atoms with van der Waals surface area (Å²) in [5, 5.41) is 3.31. The first-order valence-electron chi connectivity index (χ1n) is 6.92. The van der Waals surface area contributed by atoms with E-state index < -0.39 is 0 Å². The summed E-state index contributed by atoms with van der Waals surface area (Å²) in [6.45, 7) is 4.50. The van der Waals surface area contributed by atoms with Crippen LogP contribution in [0.25, 0.3) is 0 Å². The van der Waals surface area contributed by atoms with Crippen molar-refractivity contribution in [2.45, 2.75) is 19.9 Å². The number of benzene rings is 1. The highest BCUT2D eigenvalue weighted by Crippen LogP contribution is 2.34. The van der Waals surface area contributed by atoms with Crippen molar-refractivity contribution in [3.05, 3.63) is 56.7 Å². The first-order valence-corrected chi connectivity index (χ1v) is 8.50. The smallest absolute Gasteiger partial charge is 0.147 e. The summed E-state index contributed by atoms with van der Waals surface area (Å²) < 4.78 is 7.80. The highest BCUT2D eigenvalue weighted by Gasteiger charge is 2.09. The number of nitrogens with one attached hydrogen (secondary N) is 1. The van der Waals surface area contributed by atoms with Gasteiger partial charge in [0.25, 0.3) is 0 Å². The molecule has 0 fully saturated rings. The Hall–Kier alpha value is -0.910. The molecule has 0 bridgehead atoms. The Kier molecular flexibility index (Phi) is 6.67. The van der Waals surface area contributed by atoms with Gasteiger partial charge in [0.1, 0.15) is 5.75 Å². The van der Waals surface area contributed by atoms with Gasteiger partial charge >= 0.3 is 0 Å². The first kappa shape index (κ1) is 16.5. The molecule has 0 spiro atoms. The molecule has 2 rings (SSSR count). The average molecular weight is 414 g/mol. The zero-order valence-electron chi connectivity index (χ0n) is 11.9. The van der Waals surface area contributed by atoms with Gasteiger partial charge in [-0.25, -0.2) is 0 Å². The number of halogens is 2. The van der Waals surface area contributed by atoms with Crippen LogP contribution in [-0.2, 0) is 13.0 Å². The van der Waals surface area contributed by atoms with Crippen LogP contribution in [0.4, 0.5) is 0 Å². The summed E-state index contributed by atoms with van der Waals surface area (Å²) in [5.74, 6) is 0.839.